The van der Waals surface area contributed by atoms with E-state index < -0.39 is 0 Å². The van der Waals surface area contributed by atoms with Gasteiger partial charge < -0.3 is 9.73 Å². The third kappa shape index (κ3) is 2.74. The van der Waals surface area contributed by atoms with Gasteiger partial charge in [0.2, 0.25) is 0 Å². The summed E-state index contributed by atoms with van der Waals surface area (Å²) in [6.45, 7) is 8.35. The highest BCUT2D eigenvalue weighted by Gasteiger charge is 2.09. The Labute approximate surface area is 101 Å². The van der Waals surface area contributed by atoms with Gasteiger partial charge in [0.1, 0.15) is 24.0 Å². The number of hydrogen-bond donors (Lipinski definition) is 1. The van der Waals surface area contributed by atoms with Crippen LogP contribution in [0.1, 0.15) is 29.9 Å². The first-order chi connectivity index (χ1) is 8.20. The fourth-order valence-corrected chi connectivity index (χ4v) is 1.77. The smallest absolute Gasteiger partial charge is 0.147 e. The minimum absolute atomic E-state index is 0.639. The Morgan fingerprint density at radius 2 is 2.24 bits per heavy atom. The number of aryl methyl sites for hydroxylation is 2. The maximum absolute atomic E-state index is 5.50. The molecule has 0 amide bonds. The van der Waals surface area contributed by atoms with Crippen LogP contribution in [0.2, 0.25) is 0 Å². The van der Waals surface area contributed by atoms with Crippen molar-refractivity contribution in [2.75, 3.05) is 6.54 Å². The molecule has 1 N–H and O–H groups in total. The van der Waals surface area contributed by atoms with Crippen molar-refractivity contribution in [3.05, 3.63) is 35.3 Å². The fourth-order valence-electron chi connectivity index (χ4n) is 1.77. The Bertz CT molecular complexity index is 486. The van der Waals surface area contributed by atoms with Gasteiger partial charge in [-0.25, -0.2) is 9.67 Å². The lowest BCUT2D eigenvalue weighted by Crippen LogP contribution is -2.13. The summed E-state index contributed by atoms with van der Waals surface area (Å²) in [5, 5.41) is 7.62. The van der Waals surface area contributed by atoms with E-state index in [1.165, 1.54) is 5.56 Å². The predicted octanol–water partition coefficient (Wildman–Crippen LogP) is 1.65. The lowest BCUT2D eigenvalue weighted by atomic mass is 10.2. The summed E-state index contributed by atoms with van der Waals surface area (Å²) < 4.78 is 7.37. The molecule has 0 saturated heterocycles. The van der Waals surface area contributed by atoms with Crippen molar-refractivity contribution in [2.24, 2.45) is 0 Å². The first-order valence-electron chi connectivity index (χ1n) is 5.84. The number of furan rings is 1. The average molecular weight is 234 g/mol. The summed E-state index contributed by atoms with van der Waals surface area (Å²) in [5.74, 6) is 2.65. The number of aromatic nitrogens is 3. The molecule has 0 aliphatic rings. The van der Waals surface area contributed by atoms with Crippen molar-refractivity contribution in [2.45, 2.75) is 33.9 Å². The number of nitrogens with zero attached hydrogens (tertiary/aromatic N) is 3. The van der Waals surface area contributed by atoms with Gasteiger partial charge in [-0.3, -0.25) is 0 Å². The van der Waals surface area contributed by atoms with Gasteiger partial charge in [0.05, 0.1) is 6.26 Å². The van der Waals surface area contributed by atoms with Crippen LogP contribution in [-0.4, -0.2) is 21.3 Å². The second kappa shape index (κ2) is 5.14. The van der Waals surface area contributed by atoms with Crippen molar-refractivity contribution < 1.29 is 4.42 Å². The lowest BCUT2D eigenvalue weighted by Gasteiger charge is -2.04. The molecule has 2 rings (SSSR count). The number of rotatable bonds is 5. The molecule has 0 fully saturated rings. The van der Waals surface area contributed by atoms with Crippen molar-refractivity contribution >= 4 is 0 Å². The molecule has 0 unspecified atom stereocenters. The molecule has 0 bridgehead atoms. The molecule has 2 heterocycles. The quantitative estimate of drug-likeness (QED) is 0.854. The molecule has 0 saturated carbocycles. The maximum Gasteiger partial charge on any atom is 0.147 e. The highest BCUT2D eigenvalue weighted by molar-refractivity contribution is 5.17. The second-order valence-corrected chi connectivity index (χ2v) is 4.01. The first kappa shape index (κ1) is 11.9. The maximum atomic E-state index is 5.50. The third-order valence-corrected chi connectivity index (χ3v) is 2.66. The SMILES string of the molecule is CCNCc1ccoc1Cn1nc(C)nc1C. The fraction of sp³-hybridized carbons (Fsp3) is 0.500. The number of hydrogen-bond acceptors (Lipinski definition) is 4. The van der Waals surface area contributed by atoms with E-state index in [0.717, 1.165) is 30.5 Å². The Kier molecular flexibility index (Phi) is 3.58. The molecule has 0 radical (unpaired) electrons. The van der Waals surface area contributed by atoms with E-state index in [2.05, 4.69) is 22.3 Å². The van der Waals surface area contributed by atoms with Gasteiger partial charge in [0.25, 0.3) is 0 Å². The van der Waals surface area contributed by atoms with Crippen LogP contribution < -0.4 is 5.32 Å². The monoisotopic (exact) mass is 234 g/mol. The molecule has 0 aliphatic carbocycles. The van der Waals surface area contributed by atoms with Gasteiger partial charge in [0.15, 0.2) is 0 Å². The molecule has 17 heavy (non-hydrogen) atoms. The molecule has 2 aromatic rings. The summed E-state index contributed by atoms with van der Waals surface area (Å²) >= 11 is 0. The summed E-state index contributed by atoms with van der Waals surface area (Å²) in [7, 11) is 0. The van der Waals surface area contributed by atoms with Crippen molar-refractivity contribution in [3.63, 3.8) is 0 Å². The summed E-state index contributed by atoms with van der Waals surface area (Å²) in [6.07, 6.45) is 1.72. The molecule has 92 valence electrons. The average Bonchev–Trinajstić information content (AvgIpc) is 2.84. The van der Waals surface area contributed by atoms with E-state index in [1.54, 1.807) is 6.26 Å². The largest absolute Gasteiger partial charge is 0.467 e. The molecular formula is C12H18N4O. The normalized spacial score (nSPS) is 11.0. The zero-order valence-corrected chi connectivity index (χ0v) is 10.5. The Balaban J connectivity index is 2.13. The van der Waals surface area contributed by atoms with Crippen LogP contribution in [0.25, 0.3) is 0 Å². The van der Waals surface area contributed by atoms with Gasteiger partial charge >= 0.3 is 0 Å². The topological polar surface area (TPSA) is 55.9 Å². The summed E-state index contributed by atoms with van der Waals surface area (Å²) in [5.41, 5.74) is 1.18. The van der Waals surface area contributed by atoms with Crippen molar-refractivity contribution in [1.82, 2.24) is 20.1 Å². The van der Waals surface area contributed by atoms with E-state index in [-0.39, 0.29) is 0 Å². The highest BCUT2D eigenvalue weighted by atomic mass is 16.3. The van der Waals surface area contributed by atoms with Crippen LogP contribution in [0.15, 0.2) is 16.7 Å². The molecule has 5 nitrogen and oxygen atoms in total. The minimum atomic E-state index is 0.639. The number of nitrogens with one attached hydrogen (secondary N) is 1. The summed E-state index contributed by atoms with van der Waals surface area (Å²) in [6, 6.07) is 2.00. The van der Waals surface area contributed by atoms with E-state index in [1.807, 2.05) is 24.6 Å². The van der Waals surface area contributed by atoms with E-state index in [4.69, 9.17) is 4.42 Å². The van der Waals surface area contributed by atoms with Crippen molar-refractivity contribution in [1.29, 1.82) is 0 Å². The molecule has 2 aromatic heterocycles. The van der Waals surface area contributed by atoms with Gasteiger partial charge in [-0.15, -0.1) is 0 Å². The minimum Gasteiger partial charge on any atom is -0.467 e. The van der Waals surface area contributed by atoms with Crippen LogP contribution in [0, 0.1) is 13.8 Å². The van der Waals surface area contributed by atoms with Gasteiger partial charge in [-0.1, -0.05) is 6.92 Å². The van der Waals surface area contributed by atoms with Crippen LogP contribution >= 0.6 is 0 Å². The predicted molar refractivity (Wildman–Crippen MR) is 64.7 cm³/mol. The van der Waals surface area contributed by atoms with Crippen molar-refractivity contribution in [3.8, 4) is 0 Å². The van der Waals surface area contributed by atoms with E-state index in [9.17, 15) is 0 Å². The molecule has 5 heteroatoms. The van der Waals surface area contributed by atoms with Crippen LogP contribution in [0.5, 0.6) is 0 Å². The zero-order valence-electron chi connectivity index (χ0n) is 10.5. The summed E-state index contributed by atoms with van der Waals surface area (Å²) in [4.78, 5) is 4.28. The molecule has 0 aliphatic heterocycles. The lowest BCUT2D eigenvalue weighted by molar-refractivity contribution is 0.468. The Morgan fingerprint density at radius 1 is 1.41 bits per heavy atom. The standard InChI is InChI=1S/C12H18N4O/c1-4-13-7-11-5-6-17-12(11)8-16-10(3)14-9(2)15-16/h5-6,13H,4,7-8H2,1-3H3. The third-order valence-electron chi connectivity index (χ3n) is 2.66. The first-order valence-corrected chi connectivity index (χ1v) is 5.84. The Hall–Kier alpha value is -1.62. The van der Waals surface area contributed by atoms with E-state index >= 15 is 0 Å². The molecule has 0 spiro atoms. The van der Waals surface area contributed by atoms with Crippen LogP contribution in [-0.2, 0) is 13.1 Å². The van der Waals surface area contributed by atoms with Crippen LogP contribution in [0.4, 0.5) is 0 Å². The Morgan fingerprint density at radius 3 is 2.88 bits per heavy atom. The second-order valence-electron chi connectivity index (χ2n) is 4.01. The van der Waals surface area contributed by atoms with Gasteiger partial charge in [-0.05, 0) is 26.5 Å². The van der Waals surface area contributed by atoms with Gasteiger partial charge in [-0.2, -0.15) is 5.10 Å². The zero-order chi connectivity index (χ0) is 12.3. The van der Waals surface area contributed by atoms with Gasteiger partial charge in [0, 0.05) is 12.1 Å². The molecule has 0 atom stereocenters. The molecular weight excluding hydrogens is 216 g/mol. The molecule has 0 aromatic carbocycles. The van der Waals surface area contributed by atoms with E-state index in [0.29, 0.717) is 6.54 Å². The van der Waals surface area contributed by atoms with Crippen LogP contribution in [0.3, 0.4) is 0 Å². The highest BCUT2D eigenvalue weighted by Crippen LogP contribution is 2.12.